The molecule has 0 aliphatic heterocycles. The van der Waals surface area contributed by atoms with Crippen molar-refractivity contribution in [3.05, 3.63) is 24.0 Å². The normalized spacial score (nSPS) is 10.2. The molecule has 0 aliphatic carbocycles. The monoisotopic (exact) mass is 205 g/mol. The van der Waals surface area contributed by atoms with Crippen LogP contribution in [-0.4, -0.2) is 35.8 Å². The van der Waals surface area contributed by atoms with Gasteiger partial charge in [0.15, 0.2) is 5.78 Å². The minimum absolute atomic E-state index is 0.00843. The van der Waals surface area contributed by atoms with E-state index in [1.54, 1.807) is 0 Å². The number of ketones is 1. The SMILES string of the molecule is CN(CCc1cc[nH]c1)CC(=O)CC#N. The van der Waals surface area contributed by atoms with Crippen molar-refractivity contribution in [3.8, 4) is 6.07 Å². The Morgan fingerprint density at radius 2 is 2.47 bits per heavy atom. The summed E-state index contributed by atoms with van der Waals surface area (Å²) in [5.41, 5.74) is 1.23. The number of H-pyrrole nitrogens is 1. The molecule has 4 heteroatoms. The van der Waals surface area contributed by atoms with E-state index in [0.717, 1.165) is 13.0 Å². The number of nitriles is 1. The van der Waals surface area contributed by atoms with E-state index in [4.69, 9.17) is 5.26 Å². The topological polar surface area (TPSA) is 59.9 Å². The van der Waals surface area contributed by atoms with Gasteiger partial charge in [-0.05, 0) is 25.1 Å². The van der Waals surface area contributed by atoms with Crippen LogP contribution in [0.4, 0.5) is 0 Å². The summed E-state index contributed by atoms with van der Waals surface area (Å²) in [5, 5.41) is 8.34. The van der Waals surface area contributed by atoms with Gasteiger partial charge in [0.2, 0.25) is 0 Å². The highest BCUT2D eigenvalue weighted by Crippen LogP contribution is 1.99. The Labute approximate surface area is 89.5 Å². The molecule has 1 aromatic rings. The lowest BCUT2D eigenvalue weighted by atomic mass is 10.2. The summed E-state index contributed by atoms with van der Waals surface area (Å²) in [4.78, 5) is 16.1. The molecule has 0 radical (unpaired) electrons. The zero-order chi connectivity index (χ0) is 11.1. The van der Waals surface area contributed by atoms with E-state index in [2.05, 4.69) is 4.98 Å². The lowest BCUT2D eigenvalue weighted by Gasteiger charge is -2.13. The third-order valence-corrected chi connectivity index (χ3v) is 2.17. The Morgan fingerprint density at radius 1 is 1.67 bits per heavy atom. The molecular weight excluding hydrogens is 190 g/mol. The number of hydrogen-bond acceptors (Lipinski definition) is 3. The van der Waals surface area contributed by atoms with Gasteiger partial charge in [-0.2, -0.15) is 5.26 Å². The fraction of sp³-hybridized carbons (Fsp3) is 0.455. The Morgan fingerprint density at radius 3 is 3.07 bits per heavy atom. The van der Waals surface area contributed by atoms with Crippen LogP contribution in [0.3, 0.4) is 0 Å². The molecule has 0 aliphatic rings. The summed E-state index contributed by atoms with van der Waals surface area (Å²) in [6.45, 7) is 1.19. The summed E-state index contributed by atoms with van der Waals surface area (Å²) < 4.78 is 0. The van der Waals surface area contributed by atoms with Crippen molar-refractivity contribution in [3.63, 3.8) is 0 Å². The molecule has 1 N–H and O–H groups in total. The van der Waals surface area contributed by atoms with Crippen molar-refractivity contribution in [1.29, 1.82) is 5.26 Å². The Bertz CT molecular complexity index is 337. The van der Waals surface area contributed by atoms with Crippen molar-refractivity contribution >= 4 is 5.78 Å². The highest BCUT2D eigenvalue weighted by atomic mass is 16.1. The van der Waals surface area contributed by atoms with Crippen molar-refractivity contribution in [2.24, 2.45) is 0 Å². The van der Waals surface area contributed by atoms with Gasteiger partial charge in [-0.25, -0.2) is 0 Å². The van der Waals surface area contributed by atoms with Gasteiger partial charge in [0.05, 0.1) is 19.0 Å². The molecule has 0 fully saturated rings. The van der Waals surface area contributed by atoms with Gasteiger partial charge in [0, 0.05) is 18.9 Å². The molecule has 0 atom stereocenters. The average molecular weight is 205 g/mol. The van der Waals surface area contributed by atoms with Crippen LogP contribution in [0.15, 0.2) is 18.5 Å². The first-order chi connectivity index (χ1) is 7.22. The molecule has 0 saturated carbocycles. The van der Waals surface area contributed by atoms with E-state index in [1.807, 2.05) is 36.5 Å². The van der Waals surface area contributed by atoms with Crippen LogP contribution >= 0.6 is 0 Å². The second kappa shape index (κ2) is 5.99. The van der Waals surface area contributed by atoms with Crippen LogP contribution in [0.2, 0.25) is 0 Å². The number of aromatic nitrogens is 1. The van der Waals surface area contributed by atoms with Gasteiger partial charge >= 0.3 is 0 Å². The van der Waals surface area contributed by atoms with Crippen LogP contribution in [0, 0.1) is 11.3 Å². The van der Waals surface area contributed by atoms with Crippen molar-refractivity contribution in [2.75, 3.05) is 20.1 Å². The Hall–Kier alpha value is -1.60. The van der Waals surface area contributed by atoms with E-state index in [9.17, 15) is 4.79 Å². The number of carbonyl (C=O) groups excluding carboxylic acids is 1. The zero-order valence-corrected chi connectivity index (χ0v) is 8.86. The number of carbonyl (C=O) groups is 1. The van der Waals surface area contributed by atoms with Crippen molar-refractivity contribution in [1.82, 2.24) is 9.88 Å². The third kappa shape index (κ3) is 4.43. The van der Waals surface area contributed by atoms with Gasteiger partial charge in [-0.3, -0.25) is 9.69 Å². The van der Waals surface area contributed by atoms with Gasteiger partial charge in [0.25, 0.3) is 0 Å². The molecule has 0 bridgehead atoms. The molecule has 0 unspecified atom stereocenters. The summed E-state index contributed by atoms with van der Waals surface area (Å²) in [7, 11) is 1.89. The fourth-order valence-corrected chi connectivity index (χ4v) is 1.36. The lowest BCUT2D eigenvalue weighted by Crippen LogP contribution is -2.27. The molecule has 80 valence electrons. The maximum absolute atomic E-state index is 11.1. The second-order valence-corrected chi connectivity index (χ2v) is 3.58. The van der Waals surface area contributed by atoms with Gasteiger partial charge in [-0.1, -0.05) is 0 Å². The summed E-state index contributed by atoms with van der Waals surface area (Å²) in [5.74, 6) is -0.0194. The minimum Gasteiger partial charge on any atom is -0.367 e. The molecule has 1 aromatic heterocycles. The minimum atomic E-state index is -0.0194. The number of rotatable bonds is 6. The van der Waals surface area contributed by atoms with E-state index >= 15 is 0 Å². The predicted octanol–water partition coefficient (Wildman–Crippen LogP) is 0.972. The summed E-state index contributed by atoms with van der Waals surface area (Å²) in [6, 6.07) is 3.88. The second-order valence-electron chi connectivity index (χ2n) is 3.58. The number of likely N-dealkylation sites (N-methyl/N-ethyl adjacent to an activating group) is 1. The van der Waals surface area contributed by atoms with Gasteiger partial charge in [0.1, 0.15) is 0 Å². The molecule has 0 aromatic carbocycles. The lowest BCUT2D eigenvalue weighted by molar-refractivity contribution is -0.118. The highest BCUT2D eigenvalue weighted by Gasteiger charge is 2.05. The molecule has 0 saturated heterocycles. The van der Waals surface area contributed by atoms with Gasteiger partial charge in [-0.15, -0.1) is 0 Å². The quantitative estimate of drug-likeness (QED) is 0.752. The van der Waals surface area contributed by atoms with E-state index in [0.29, 0.717) is 6.54 Å². The largest absolute Gasteiger partial charge is 0.367 e. The first kappa shape index (κ1) is 11.5. The first-order valence-electron chi connectivity index (χ1n) is 4.91. The maximum atomic E-state index is 11.1. The molecular formula is C11H15N3O. The maximum Gasteiger partial charge on any atom is 0.160 e. The molecule has 15 heavy (non-hydrogen) atoms. The number of aromatic amines is 1. The number of Topliss-reactive ketones (excluding diaryl/α,β-unsaturated/α-hetero) is 1. The smallest absolute Gasteiger partial charge is 0.160 e. The van der Waals surface area contributed by atoms with E-state index < -0.39 is 0 Å². The first-order valence-corrected chi connectivity index (χ1v) is 4.91. The molecule has 4 nitrogen and oxygen atoms in total. The van der Waals surface area contributed by atoms with Crippen LogP contribution < -0.4 is 0 Å². The molecule has 0 spiro atoms. The van der Waals surface area contributed by atoms with Gasteiger partial charge < -0.3 is 4.98 Å². The third-order valence-electron chi connectivity index (χ3n) is 2.17. The molecule has 1 heterocycles. The summed E-state index contributed by atoms with van der Waals surface area (Å²) >= 11 is 0. The van der Waals surface area contributed by atoms with Crippen LogP contribution in [-0.2, 0) is 11.2 Å². The number of nitrogens with one attached hydrogen (secondary N) is 1. The Kier molecular flexibility index (Phi) is 4.58. The van der Waals surface area contributed by atoms with E-state index in [-0.39, 0.29) is 12.2 Å². The van der Waals surface area contributed by atoms with Crippen LogP contribution in [0.5, 0.6) is 0 Å². The number of hydrogen-bond donors (Lipinski definition) is 1. The fourth-order valence-electron chi connectivity index (χ4n) is 1.36. The highest BCUT2D eigenvalue weighted by molar-refractivity contribution is 5.82. The predicted molar refractivity (Wildman–Crippen MR) is 57.2 cm³/mol. The van der Waals surface area contributed by atoms with Crippen molar-refractivity contribution in [2.45, 2.75) is 12.8 Å². The molecule has 1 rings (SSSR count). The molecule has 0 amide bonds. The standard InChI is InChI=1S/C11H15N3O/c1-14(9-11(15)2-5-12)7-4-10-3-6-13-8-10/h3,6,8,13H,2,4,7,9H2,1H3. The summed E-state index contributed by atoms with van der Waals surface area (Å²) in [6.07, 6.45) is 4.76. The van der Waals surface area contributed by atoms with Crippen LogP contribution in [0.25, 0.3) is 0 Å². The Balaban J connectivity index is 2.22. The van der Waals surface area contributed by atoms with Crippen molar-refractivity contribution < 1.29 is 4.79 Å². The van der Waals surface area contributed by atoms with E-state index in [1.165, 1.54) is 5.56 Å². The van der Waals surface area contributed by atoms with Crippen LogP contribution in [0.1, 0.15) is 12.0 Å². The number of nitrogens with zero attached hydrogens (tertiary/aromatic N) is 2. The zero-order valence-electron chi connectivity index (χ0n) is 8.86. The average Bonchev–Trinajstić information content (AvgIpc) is 2.67.